The standard InChI is InChI=1S/C11H11ClFNO3/c1-6(11(16)17)14-10(15)4-7-2-3-8(13)5-9(7)12/h2-3,5-6H,4H2,1H3,(H,14,15)(H,16,17)/t6-/m0/s1. The van der Waals surface area contributed by atoms with Crippen molar-refractivity contribution in [2.24, 2.45) is 0 Å². The summed E-state index contributed by atoms with van der Waals surface area (Å²) in [5, 5.41) is 11.0. The molecule has 0 unspecified atom stereocenters. The Labute approximate surface area is 102 Å². The number of carboxylic acid groups (broad SMARTS) is 1. The van der Waals surface area contributed by atoms with Gasteiger partial charge in [0.25, 0.3) is 0 Å². The predicted molar refractivity (Wildman–Crippen MR) is 60.4 cm³/mol. The van der Waals surface area contributed by atoms with Crippen molar-refractivity contribution in [3.8, 4) is 0 Å². The van der Waals surface area contributed by atoms with Gasteiger partial charge < -0.3 is 10.4 Å². The number of hydrogen-bond acceptors (Lipinski definition) is 2. The van der Waals surface area contributed by atoms with Crippen LogP contribution in [0.4, 0.5) is 4.39 Å². The number of carboxylic acids is 1. The fourth-order valence-electron chi connectivity index (χ4n) is 1.19. The van der Waals surface area contributed by atoms with Crippen molar-refractivity contribution in [3.63, 3.8) is 0 Å². The van der Waals surface area contributed by atoms with Crippen molar-refractivity contribution in [1.29, 1.82) is 0 Å². The first kappa shape index (κ1) is 13.4. The minimum Gasteiger partial charge on any atom is -0.480 e. The molecule has 0 aromatic heterocycles. The third kappa shape index (κ3) is 4.03. The van der Waals surface area contributed by atoms with Crippen LogP contribution < -0.4 is 5.32 Å². The molecule has 0 radical (unpaired) electrons. The van der Waals surface area contributed by atoms with Crippen LogP contribution in [-0.2, 0) is 16.0 Å². The normalized spacial score (nSPS) is 11.9. The van der Waals surface area contributed by atoms with Gasteiger partial charge in [0.05, 0.1) is 6.42 Å². The van der Waals surface area contributed by atoms with Crippen molar-refractivity contribution in [1.82, 2.24) is 5.32 Å². The van der Waals surface area contributed by atoms with E-state index in [1.54, 1.807) is 0 Å². The van der Waals surface area contributed by atoms with Crippen molar-refractivity contribution < 1.29 is 19.1 Å². The third-order valence-corrected chi connectivity index (χ3v) is 2.47. The lowest BCUT2D eigenvalue weighted by Crippen LogP contribution is -2.39. The van der Waals surface area contributed by atoms with Crippen LogP contribution in [0.25, 0.3) is 0 Å². The summed E-state index contributed by atoms with van der Waals surface area (Å²) in [4.78, 5) is 21.9. The molecular weight excluding hydrogens is 249 g/mol. The van der Waals surface area contributed by atoms with Gasteiger partial charge in [-0.3, -0.25) is 9.59 Å². The van der Waals surface area contributed by atoms with Gasteiger partial charge in [-0.1, -0.05) is 17.7 Å². The zero-order valence-corrected chi connectivity index (χ0v) is 9.79. The monoisotopic (exact) mass is 259 g/mol. The maximum absolute atomic E-state index is 12.7. The van der Waals surface area contributed by atoms with Crippen LogP contribution >= 0.6 is 11.6 Å². The number of halogens is 2. The second-order valence-corrected chi connectivity index (χ2v) is 3.95. The molecule has 1 rings (SSSR count). The number of carbonyl (C=O) groups excluding carboxylic acids is 1. The Morgan fingerprint density at radius 1 is 1.53 bits per heavy atom. The van der Waals surface area contributed by atoms with Crippen molar-refractivity contribution in [2.45, 2.75) is 19.4 Å². The number of aliphatic carboxylic acids is 1. The summed E-state index contributed by atoms with van der Waals surface area (Å²) in [6.07, 6.45) is -0.0866. The van der Waals surface area contributed by atoms with Gasteiger partial charge in [0.1, 0.15) is 11.9 Å². The molecule has 1 atom stereocenters. The average molecular weight is 260 g/mol. The van der Waals surface area contributed by atoms with E-state index < -0.39 is 23.7 Å². The molecular formula is C11H11ClFNO3. The van der Waals surface area contributed by atoms with Gasteiger partial charge >= 0.3 is 5.97 Å². The first-order chi connectivity index (χ1) is 7.90. The van der Waals surface area contributed by atoms with Crippen LogP contribution in [0.15, 0.2) is 18.2 Å². The minimum atomic E-state index is -1.12. The van der Waals surface area contributed by atoms with Crippen LogP contribution in [0.1, 0.15) is 12.5 Å². The zero-order valence-electron chi connectivity index (χ0n) is 9.04. The molecule has 6 heteroatoms. The Hall–Kier alpha value is -1.62. The maximum atomic E-state index is 12.7. The van der Waals surface area contributed by atoms with E-state index in [4.69, 9.17) is 16.7 Å². The van der Waals surface area contributed by atoms with Gasteiger partial charge in [-0.05, 0) is 24.6 Å². The molecule has 2 N–H and O–H groups in total. The molecule has 1 aromatic rings. The summed E-state index contributed by atoms with van der Waals surface area (Å²) in [5.41, 5.74) is 0.447. The molecule has 0 aliphatic carbocycles. The smallest absolute Gasteiger partial charge is 0.325 e. The van der Waals surface area contributed by atoms with Crippen molar-refractivity contribution >= 4 is 23.5 Å². The van der Waals surface area contributed by atoms with Crippen LogP contribution in [0.5, 0.6) is 0 Å². The molecule has 0 bridgehead atoms. The molecule has 0 heterocycles. The molecule has 0 saturated carbocycles. The Morgan fingerprint density at radius 3 is 2.71 bits per heavy atom. The lowest BCUT2D eigenvalue weighted by atomic mass is 10.1. The van der Waals surface area contributed by atoms with Gasteiger partial charge in [0, 0.05) is 5.02 Å². The van der Waals surface area contributed by atoms with Gasteiger partial charge in [-0.15, -0.1) is 0 Å². The van der Waals surface area contributed by atoms with E-state index in [-0.39, 0.29) is 11.4 Å². The van der Waals surface area contributed by atoms with E-state index >= 15 is 0 Å². The highest BCUT2D eigenvalue weighted by Gasteiger charge is 2.15. The molecule has 0 saturated heterocycles. The molecule has 0 aliphatic rings. The van der Waals surface area contributed by atoms with Gasteiger partial charge in [0.15, 0.2) is 0 Å². The average Bonchev–Trinajstić information content (AvgIpc) is 2.22. The lowest BCUT2D eigenvalue weighted by Gasteiger charge is -2.09. The van der Waals surface area contributed by atoms with Gasteiger partial charge in [-0.2, -0.15) is 0 Å². The Morgan fingerprint density at radius 2 is 2.18 bits per heavy atom. The number of carbonyl (C=O) groups is 2. The number of nitrogens with one attached hydrogen (secondary N) is 1. The van der Waals surface area contributed by atoms with Gasteiger partial charge in [-0.25, -0.2) is 4.39 Å². The molecule has 17 heavy (non-hydrogen) atoms. The fraction of sp³-hybridized carbons (Fsp3) is 0.273. The van der Waals surface area contributed by atoms with E-state index in [0.29, 0.717) is 5.56 Å². The highest BCUT2D eigenvalue weighted by atomic mass is 35.5. The van der Waals surface area contributed by atoms with Crippen LogP contribution in [0.2, 0.25) is 5.02 Å². The molecule has 1 aromatic carbocycles. The molecule has 0 fully saturated rings. The molecule has 92 valence electrons. The van der Waals surface area contributed by atoms with E-state index in [1.807, 2.05) is 0 Å². The fourth-order valence-corrected chi connectivity index (χ4v) is 1.43. The first-order valence-electron chi connectivity index (χ1n) is 4.86. The minimum absolute atomic E-state index is 0.0866. The predicted octanol–water partition coefficient (Wildman–Crippen LogP) is 1.61. The quantitative estimate of drug-likeness (QED) is 0.863. The number of rotatable bonds is 4. The Kier molecular flexibility index (Phi) is 4.45. The zero-order chi connectivity index (χ0) is 13.0. The van der Waals surface area contributed by atoms with Crippen LogP contribution in [0.3, 0.4) is 0 Å². The summed E-state index contributed by atoms with van der Waals surface area (Å²) >= 11 is 5.74. The van der Waals surface area contributed by atoms with Gasteiger partial charge in [0.2, 0.25) is 5.91 Å². The summed E-state index contributed by atoms with van der Waals surface area (Å²) in [6.45, 7) is 1.35. The Balaban J connectivity index is 2.65. The van der Waals surface area contributed by atoms with E-state index in [0.717, 1.165) is 6.07 Å². The first-order valence-corrected chi connectivity index (χ1v) is 5.24. The largest absolute Gasteiger partial charge is 0.480 e. The highest BCUT2D eigenvalue weighted by Crippen LogP contribution is 2.17. The number of benzene rings is 1. The number of hydrogen-bond donors (Lipinski definition) is 2. The van der Waals surface area contributed by atoms with Crippen molar-refractivity contribution in [3.05, 3.63) is 34.6 Å². The van der Waals surface area contributed by atoms with E-state index in [9.17, 15) is 14.0 Å². The van der Waals surface area contributed by atoms with E-state index in [1.165, 1.54) is 19.1 Å². The molecule has 0 spiro atoms. The third-order valence-electron chi connectivity index (χ3n) is 2.11. The van der Waals surface area contributed by atoms with Crippen LogP contribution in [-0.4, -0.2) is 23.0 Å². The lowest BCUT2D eigenvalue weighted by molar-refractivity contribution is -0.141. The SMILES string of the molecule is C[C@H](NC(=O)Cc1ccc(F)cc1Cl)C(=O)O. The number of amides is 1. The van der Waals surface area contributed by atoms with Crippen molar-refractivity contribution in [2.75, 3.05) is 0 Å². The topological polar surface area (TPSA) is 66.4 Å². The summed E-state index contributed by atoms with van der Waals surface area (Å²) < 4.78 is 12.7. The highest BCUT2D eigenvalue weighted by molar-refractivity contribution is 6.31. The molecule has 1 amide bonds. The van der Waals surface area contributed by atoms with E-state index in [2.05, 4.69) is 5.32 Å². The molecule has 0 aliphatic heterocycles. The maximum Gasteiger partial charge on any atom is 0.325 e. The molecule has 4 nitrogen and oxygen atoms in total. The summed E-state index contributed by atoms with van der Waals surface area (Å²) in [6, 6.07) is 2.71. The summed E-state index contributed by atoms with van der Waals surface area (Å²) in [7, 11) is 0. The summed E-state index contributed by atoms with van der Waals surface area (Å²) in [5.74, 6) is -2.09. The van der Waals surface area contributed by atoms with Crippen LogP contribution in [0, 0.1) is 5.82 Å². The second kappa shape index (κ2) is 5.63. The Bertz CT molecular complexity index is 450. The second-order valence-electron chi connectivity index (χ2n) is 3.54.